The molecule has 8 heavy (non-hydrogen) atoms. The Morgan fingerprint density at radius 1 is 1.88 bits per heavy atom. The van der Waals surface area contributed by atoms with Gasteiger partial charge in [0.1, 0.15) is 11.9 Å². The van der Waals surface area contributed by atoms with Crippen LogP contribution >= 0.6 is 11.9 Å². The first-order valence-electron chi connectivity index (χ1n) is 2.07. The molecule has 0 rings (SSSR count). The number of nitrogens with one attached hydrogen (secondary N) is 2. The Balaban J connectivity index is 3.53. The van der Waals surface area contributed by atoms with Crippen molar-refractivity contribution in [3.63, 3.8) is 0 Å². The molecule has 0 aliphatic rings. The summed E-state index contributed by atoms with van der Waals surface area (Å²) in [5.74, 6) is 0. The fourth-order valence-electron chi connectivity index (χ4n) is 0.254. The molecule has 0 fully saturated rings. The van der Waals surface area contributed by atoms with Crippen molar-refractivity contribution in [1.29, 1.82) is 0 Å². The fourth-order valence-corrected chi connectivity index (χ4v) is 0.511. The third-order valence-corrected chi connectivity index (χ3v) is 1.25. The van der Waals surface area contributed by atoms with Gasteiger partial charge in [-0.25, -0.2) is 0 Å². The van der Waals surface area contributed by atoms with Crippen molar-refractivity contribution in [3.05, 3.63) is 4.91 Å². The van der Waals surface area contributed by atoms with Crippen LogP contribution < -0.4 is 10.3 Å². The number of hydrogen-bond acceptors (Lipinski definition) is 3. The van der Waals surface area contributed by atoms with Crippen LogP contribution in [0.3, 0.4) is 0 Å². The van der Waals surface area contributed by atoms with Crippen molar-refractivity contribution in [1.82, 2.24) is 5.32 Å². The highest BCUT2D eigenvalue weighted by molar-refractivity contribution is 8.12. The quantitative estimate of drug-likeness (QED) is 0.202. The molecule has 0 saturated heterocycles. The predicted octanol–water partition coefficient (Wildman–Crippen LogP) is -1.31. The first-order valence-corrected chi connectivity index (χ1v) is 2.84. The first kappa shape index (κ1) is 7.42. The Hall–Kier alpha value is -0.580. The van der Waals surface area contributed by atoms with E-state index in [-0.39, 0.29) is 0 Å². The lowest BCUT2D eigenvalue weighted by molar-refractivity contribution is -0.418. The molecule has 0 unspecified atom stereocenters. The van der Waals surface area contributed by atoms with Crippen LogP contribution in [-0.2, 0) is 0 Å². The number of nitroso groups, excluding NO2 is 1. The second-order valence-electron chi connectivity index (χ2n) is 0.995. The molecule has 0 aromatic carbocycles. The van der Waals surface area contributed by atoms with Crippen molar-refractivity contribution in [2.45, 2.75) is 0 Å². The normalized spacial score (nSPS) is 11.0. The molecular weight excluding hydrogens is 126 g/mol. The van der Waals surface area contributed by atoms with Crippen molar-refractivity contribution >= 4 is 17.1 Å². The van der Waals surface area contributed by atoms with Crippen LogP contribution in [0.1, 0.15) is 0 Å². The van der Waals surface area contributed by atoms with Crippen LogP contribution in [0.2, 0.25) is 0 Å². The van der Waals surface area contributed by atoms with Crippen LogP contribution in [0.4, 0.5) is 0 Å². The fraction of sp³-hybridized carbons (Fsp3) is 0.667. The Labute approximate surface area is 51.9 Å². The smallest absolute Gasteiger partial charge is 0.270 e. The molecule has 0 aliphatic carbocycles. The van der Waals surface area contributed by atoms with Crippen LogP contribution in [-0.4, -0.2) is 19.3 Å². The average Bonchev–Trinajstić information content (AvgIpc) is 1.83. The summed E-state index contributed by atoms with van der Waals surface area (Å²) in [7, 11) is 3.42. The zero-order valence-electron chi connectivity index (χ0n) is 4.76. The van der Waals surface area contributed by atoms with E-state index >= 15 is 0 Å². The van der Waals surface area contributed by atoms with Gasteiger partial charge >= 0.3 is 5.17 Å². The van der Waals surface area contributed by atoms with Gasteiger partial charge in [-0.1, -0.05) is 0 Å². The van der Waals surface area contributed by atoms with E-state index in [2.05, 4.69) is 14.9 Å². The molecule has 0 aromatic rings. The molecule has 0 amide bonds. The minimum absolute atomic E-state index is 0.653. The van der Waals surface area contributed by atoms with E-state index in [1.165, 1.54) is 0 Å². The zero-order chi connectivity index (χ0) is 6.41. The van der Waals surface area contributed by atoms with E-state index < -0.39 is 0 Å². The lowest BCUT2D eigenvalue weighted by Crippen LogP contribution is -2.70. The van der Waals surface area contributed by atoms with E-state index in [0.29, 0.717) is 5.17 Å². The molecular formula is C3H8N3OS+. The van der Waals surface area contributed by atoms with Gasteiger partial charge in [0.25, 0.3) is 0 Å². The third-order valence-electron chi connectivity index (χ3n) is 0.583. The van der Waals surface area contributed by atoms with Crippen LogP contribution in [0, 0.1) is 4.91 Å². The van der Waals surface area contributed by atoms with E-state index in [1.54, 1.807) is 14.1 Å². The van der Waals surface area contributed by atoms with E-state index in [9.17, 15) is 4.91 Å². The molecule has 0 spiro atoms. The van der Waals surface area contributed by atoms with Crippen molar-refractivity contribution in [2.24, 2.45) is 4.58 Å². The lowest BCUT2D eigenvalue weighted by atomic mass is 11.1. The van der Waals surface area contributed by atoms with E-state index in [4.69, 9.17) is 0 Å². The summed E-state index contributed by atoms with van der Waals surface area (Å²) in [6.07, 6.45) is 0. The molecule has 0 heterocycles. The van der Waals surface area contributed by atoms with Crippen molar-refractivity contribution < 1.29 is 4.99 Å². The summed E-state index contributed by atoms with van der Waals surface area (Å²) in [6, 6.07) is 0. The van der Waals surface area contributed by atoms with Gasteiger partial charge < -0.3 is 0 Å². The van der Waals surface area contributed by atoms with Gasteiger partial charge in [0.05, 0.1) is 14.1 Å². The maximum Gasteiger partial charge on any atom is 0.329 e. The summed E-state index contributed by atoms with van der Waals surface area (Å²) in [4.78, 5) is 12.3. The highest BCUT2D eigenvalue weighted by atomic mass is 32.2. The molecule has 0 bridgehead atoms. The monoisotopic (exact) mass is 134 g/mol. The van der Waals surface area contributed by atoms with Gasteiger partial charge in [0, 0.05) is 4.58 Å². The molecule has 2 N–H and O–H groups in total. The van der Waals surface area contributed by atoms with Crippen LogP contribution in [0.5, 0.6) is 0 Å². The maximum absolute atomic E-state index is 9.55. The summed E-state index contributed by atoms with van der Waals surface area (Å²) in [5, 5.41) is 3.38. The summed E-state index contributed by atoms with van der Waals surface area (Å²) in [5.41, 5.74) is 0. The van der Waals surface area contributed by atoms with Crippen LogP contribution in [0.25, 0.3) is 0 Å². The van der Waals surface area contributed by atoms with Crippen LogP contribution in [0.15, 0.2) is 4.58 Å². The number of hydrogen-bond donors (Lipinski definition) is 2. The maximum atomic E-state index is 9.55. The van der Waals surface area contributed by atoms with Gasteiger partial charge in [0.2, 0.25) is 0 Å². The Kier molecular flexibility index (Phi) is 4.24. The SMILES string of the molecule is CNC(=[NH+]C)SN=O. The number of amidine groups is 1. The topological polar surface area (TPSA) is 55.4 Å². The number of rotatable bonds is 1. The molecule has 0 radical (unpaired) electrons. The Morgan fingerprint density at radius 3 is 2.62 bits per heavy atom. The zero-order valence-corrected chi connectivity index (χ0v) is 5.58. The molecule has 4 nitrogen and oxygen atoms in total. The predicted molar refractivity (Wildman–Crippen MR) is 34.3 cm³/mol. The standard InChI is InChI=1S/C3H7N3OS/c1-4-3(5-2)8-6-7/h1-2H3,(H,4,5)/p+1. The molecule has 46 valence electrons. The Bertz CT molecular complexity index is 103. The highest BCUT2D eigenvalue weighted by Gasteiger charge is 1.99. The van der Waals surface area contributed by atoms with Gasteiger partial charge in [-0.2, -0.15) is 0 Å². The van der Waals surface area contributed by atoms with Gasteiger partial charge in [-0.15, -0.1) is 4.91 Å². The minimum atomic E-state index is 0.653. The van der Waals surface area contributed by atoms with E-state index in [1.807, 2.05) is 0 Å². The highest BCUT2D eigenvalue weighted by Crippen LogP contribution is 1.94. The largest absolute Gasteiger partial charge is 0.329 e. The molecule has 0 aromatic heterocycles. The van der Waals surface area contributed by atoms with Gasteiger partial charge in [-0.3, -0.25) is 10.3 Å². The van der Waals surface area contributed by atoms with Crippen molar-refractivity contribution in [2.75, 3.05) is 14.1 Å². The summed E-state index contributed by atoms with van der Waals surface area (Å²) >= 11 is 0.840. The van der Waals surface area contributed by atoms with Gasteiger partial charge in [0.15, 0.2) is 0 Å². The molecule has 0 atom stereocenters. The van der Waals surface area contributed by atoms with Gasteiger partial charge in [-0.05, 0) is 0 Å². The molecule has 5 heteroatoms. The third kappa shape index (κ3) is 2.57. The lowest BCUT2D eigenvalue weighted by Gasteiger charge is -1.84. The second-order valence-corrected chi connectivity index (χ2v) is 1.73. The average molecular weight is 134 g/mol. The summed E-state index contributed by atoms with van der Waals surface area (Å²) in [6.45, 7) is 0. The first-order chi connectivity index (χ1) is 3.85. The minimum Gasteiger partial charge on any atom is -0.270 e. The van der Waals surface area contributed by atoms with E-state index in [0.717, 1.165) is 11.9 Å². The summed E-state index contributed by atoms with van der Waals surface area (Å²) < 4.78 is 2.58. The molecule has 0 aliphatic heterocycles. The Morgan fingerprint density at radius 2 is 2.50 bits per heavy atom. The second kappa shape index (κ2) is 4.58. The van der Waals surface area contributed by atoms with Crippen molar-refractivity contribution in [3.8, 4) is 0 Å². The number of nitrogens with zero attached hydrogens (tertiary/aromatic N) is 1. The molecule has 0 saturated carbocycles.